The van der Waals surface area contributed by atoms with Crippen LogP contribution in [0.4, 0.5) is 0 Å². The Hall–Kier alpha value is -2.03. The first-order chi connectivity index (χ1) is 14.4. The predicted octanol–water partition coefficient (Wildman–Crippen LogP) is 2.42. The number of carbonyl (C=O) groups is 2. The van der Waals surface area contributed by atoms with E-state index in [1.165, 1.54) is 0 Å². The van der Waals surface area contributed by atoms with Crippen LogP contribution >= 0.6 is 11.6 Å². The van der Waals surface area contributed by atoms with Gasteiger partial charge in [-0.15, -0.1) is 0 Å². The number of carbonyl (C=O) groups excluding carboxylic acids is 1. The van der Waals surface area contributed by atoms with E-state index in [2.05, 4.69) is 10.2 Å². The van der Waals surface area contributed by atoms with Crippen LogP contribution in [0.15, 0.2) is 12.1 Å². The zero-order valence-corrected chi connectivity index (χ0v) is 18.6. The highest BCUT2D eigenvalue weighted by Crippen LogP contribution is 2.41. The third-order valence-electron chi connectivity index (χ3n) is 5.84. The number of nitrogens with one attached hydrogen (secondary N) is 1. The van der Waals surface area contributed by atoms with Crippen molar-refractivity contribution in [3.05, 3.63) is 22.7 Å². The Morgan fingerprint density at radius 2 is 1.87 bits per heavy atom. The number of likely N-dealkylation sites (tertiary alicyclic amines) is 1. The Balaban J connectivity index is 0.00000101. The minimum atomic E-state index is -0.250. The summed E-state index contributed by atoms with van der Waals surface area (Å²) < 4.78 is 16.4. The molecule has 168 valence electrons. The Morgan fingerprint density at radius 1 is 1.23 bits per heavy atom. The van der Waals surface area contributed by atoms with Gasteiger partial charge in [0.25, 0.3) is 6.47 Å². The van der Waals surface area contributed by atoms with Crippen molar-refractivity contribution in [1.29, 1.82) is 0 Å². The molecule has 30 heavy (non-hydrogen) atoms. The number of nitrogens with zero attached hydrogens (tertiary/aromatic N) is 1. The summed E-state index contributed by atoms with van der Waals surface area (Å²) in [6.45, 7) is 4.11. The van der Waals surface area contributed by atoms with Crippen LogP contribution in [0.1, 0.15) is 25.3 Å². The minimum absolute atomic E-state index is 0.00691. The van der Waals surface area contributed by atoms with Crippen LogP contribution in [0.3, 0.4) is 0 Å². The summed E-state index contributed by atoms with van der Waals surface area (Å²) in [7, 11) is 4.94. The number of rotatable bonds is 6. The SMILES string of the molecule is COc1ccc(CN2C[C@H]3C[C@@H](NC(C)=O)[C@H](OC)C[C@H]3C2)c(Cl)c1OC.O=CO. The fraction of sp³-hybridized carbons (Fsp3) is 0.619. The van der Waals surface area contributed by atoms with Gasteiger partial charge in [0, 0.05) is 33.7 Å². The van der Waals surface area contributed by atoms with Gasteiger partial charge in [-0.2, -0.15) is 0 Å². The van der Waals surface area contributed by atoms with Crippen molar-refractivity contribution in [3.63, 3.8) is 0 Å². The molecule has 1 heterocycles. The number of amides is 1. The summed E-state index contributed by atoms with van der Waals surface area (Å²) >= 11 is 6.55. The molecule has 0 unspecified atom stereocenters. The molecule has 1 amide bonds. The van der Waals surface area contributed by atoms with E-state index in [9.17, 15) is 4.79 Å². The van der Waals surface area contributed by atoms with Crippen LogP contribution < -0.4 is 14.8 Å². The maximum Gasteiger partial charge on any atom is 0.290 e. The average molecular weight is 443 g/mol. The smallest absolute Gasteiger partial charge is 0.290 e. The van der Waals surface area contributed by atoms with E-state index < -0.39 is 0 Å². The highest BCUT2D eigenvalue weighted by molar-refractivity contribution is 6.33. The standard InChI is InChI=1S/C20H29ClN2O4.CH2O2/c1-12(24)22-16-7-14-10-23(11-15(14)8-18(16)26-3)9-13-5-6-17(25-2)20(27-4)19(13)21;2-1-3/h5-6,14-16,18H,7-11H2,1-4H3,(H,22,24);1H,(H,2,3)/t14-,15+,16-,18-;/m1./s1. The number of halogens is 1. The largest absolute Gasteiger partial charge is 0.493 e. The minimum Gasteiger partial charge on any atom is -0.493 e. The predicted molar refractivity (Wildman–Crippen MR) is 113 cm³/mol. The van der Waals surface area contributed by atoms with Gasteiger partial charge in [-0.25, -0.2) is 0 Å². The lowest BCUT2D eigenvalue weighted by molar-refractivity contribution is -0.123. The van der Waals surface area contributed by atoms with E-state index in [-0.39, 0.29) is 24.5 Å². The summed E-state index contributed by atoms with van der Waals surface area (Å²) in [6, 6.07) is 4.00. The fourth-order valence-corrected chi connectivity index (χ4v) is 4.90. The topological polar surface area (TPSA) is 97.3 Å². The van der Waals surface area contributed by atoms with E-state index in [1.54, 1.807) is 28.3 Å². The molecule has 0 aromatic heterocycles. The third-order valence-corrected chi connectivity index (χ3v) is 6.26. The highest BCUT2D eigenvalue weighted by atomic mass is 35.5. The quantitative estimate of drug-likeness (QED) is 0.653. The molecule has 1 aliphatic carbocycles. The van der Waals surface area contributed by atoms with Crippen molar-refractivity contribution in [2.24, 2.45) is 11.8 Å². The van der Waals surface area contributed by atoms with Crippen LogP contribution in [0.25, 0.3) is 0 Å². The van der Waals surface area contributed by atoms with Crippen molar-refractivity contribution in [2.45, 2.75) is 38.5 Å². The Kier molecular flexibility index (Phi) is 9.20. The maximum atomic E-state index is 11.5. The molecule has 2 fully saturated rings. The van der Waals surface area contributed by atoms with Gasteiger partial charge in [0.15, 0.2) is 11.5 Å². The molecule has 1 aromatic rings. The molecule has 0 radical (unpaired) electrons. The molecular weight excluding hydrogens is 412 g/mol. The van der Waals surface area contributed by atoms with Crippen LogP contribution in [0, 0.1) is 11.8 Å². The molecule has 1 saturated carbocycles. The van der Waals surface area contributed by atoms with Gasteiger partial charge in [-0.1, -0.05) is 17.7 Å². The molecule has 3 rings (SSSR count). The van der Waals surface area contributed by atoms with Crippen molar-refractivity contribution >= 4 is 24.0 Å². The summed E-state index contributed by atoms with van der Waals surface area (Å²) in [5.41, 5.74) is 1.04. The molecule has 2 N–H and O–H groups in total. The van der Waals surface area contributed by atoms with Gasteiger partial charge in [0.05, 0.1) is 31.4 Å². The molecule has 8 nitrogen and oxygen atoms in total. The van der Waals surface area contributed by atoms with Gasteiger partial charge in [-0.3, -0.25) is 14.5 Å². The number of fused-ring (bicyclic) bond motifs is 1. The maximum absolute atomic E-state index is 11.5. The lowest BCUT2D eigenvalue weighted by Gasteiger charge is -2.37. The molecule has 1 aromatic carbocycles. The Bertz CT molecular complexity index is 732. The first kappa shape index (κ1) is 24.2. The molecular formula is C21H31ClN2O6. The Labute approximate surface area is 182 Å². The van der Waals surface area contributed by atoms with Crippen LogP contribution in [-0.2, 0) is 20.9 Å². The number of ether oxygens (including phenoxy) is 3. The van der Waals surface area contributed by atoms with Gasteiger partial charge >= 0.3 is 0 Å². The zero-order chi connectivity index (χ0) is 22.3. The monoisotopic (exact) mass is 442 g/mol. The molecule has 9 heteroatoms. The van der Waals surface area contributed by atoms with E-state index in [0.717, 1.165) is 38.0 Å². The Morgan fingerprint density at radius 3 is 2.40 bits per heavy atom. The molecule has 1 saturated heterocycles. The number of benzene rings is 1. The second-order valence-corrected chi connectivity index (χ2v) is 8.02. The van der Waals surface area contributed by atoms with Crippen molar-refractivity contribution < 1.29 is 28.9 Å². The molecule has 0 bridgehead atoms. The highest BCUT2D eigenvalue weighted by Gasteiger charge is 2.42. The second kappa shape index (κ2) is 11.4. The first-order valence-electron chi connectivity index (χ1n) is 9.87. The van der Waals surface area contributed by atoms with Crippen molar-refractivity contribution in [1.82, 2.24) is 10.2 Å². The molecule has 0 spiro atoms. The van der Waals surface area contributed by atoms with Crippen LogP contribution in [0.5, 0.6) is 11.5 Å². The van der Waals surface area contributed by atoms with Gasteiger partial charge < -0.3 is 24.6 Å². The van der Waals surface area contributed by atoms with Crippen LogP contribution in [-0.4, -0.2) is 69.0 Å². The summed E-state index contributed by atoms with van der Waals surface area (Å²) in [6.07, 6.45) is 2.01. The van der Waals surface area contributed by atoms with E-state index in [4.69, 9.17) is 35.7 Å². The van der Waals surface area contributed by atoms with E-state index >= 15 is 0 Å². The van der Waals surface area contributed by atoms with Gasteiger partial charge in [-0.05, 0) is 36.3 Å². The normalized spacial score (nSPS) is 25.5. The van der Waals surface area contributed by atoms with Crippen molar-refractivity contribution in [2.75, 3.05) is 34.4 Å². The summed E-state index contributed by atoms with van der Waals surface area (Å²) in [5, 5.41) is 10.6. The number of hydrogen-bond acceptors (Lipinski definition) is 6. The lowest BCUT2D eigenvalue weighted by atomic mass is 9.77. The molecule has 1 aliphatic heterocycles. The second-order valence-electron chi connectivity index (χ2n) is 7.65. The van der Waals surface area contributed by atoms with Gasteiger partial charge in [0.2, 0.25) is 5.91 Å². The van der Waals surface area contributed by atoms with E-state index in [0.29, 0.717) is 28.4 Å². The van der Waals surface area contributed by atoms with Crippen LogP contribution in [0.2, 0.25) is 5.02 Å². The average Bonchev–Trinajstić information content (AvgIpc) is 3.10. The number of methoxy groups -OCH3 is 3. The summed E-state index contributed by atoms with van der Waals surface area (Å²) in [5.74, 6) is 2.37. The molecule has 2 aliphatic rings. The lowest BCUT2D eigenvalue weighted by Crippen LogP contribution is -2.49. The third kappa shape index (κ3) is 5.77. The van der Waals surface area contributed by atoms with E-state index in [1.807, 2.05) is 12.1 Å². The molecule has 4 atom stereocenters. The number of carboxylic acid groups (broad SMARTS) is 1. The zero-order valence-electron chi connectivity index (χ0n) is 17.9. The number of hydrogen-bond donors (Lipinski definition) is 2. The fourth-order valence-electron chi connectivity index (χ4n) is 4.61. The van der Waals surface area contributed by atoms with Crippen molar-refractivity contribution in [3.8, 4) is 11.5 Å². The summed E-state index contributed by atoms with van der Waals surface area (Å²) in [4.78, 5) is 22.3. The first-order valence-corrected chi connectivity index (χ1v) is 10.3. The van der Waals surface area contributed by atoms with Gasteiger partial charge in [0.1, 0.15) is 0 Å².